The zero-order valence-corrected chi connectivity index (χ0v) is 19.0. The Balaban J connectivity index is 1.75. The van der Waals surface area contributed by atoms with E-state index in [2.05, 4.69) is 18.8 Å². The van der Waals surface area contributed by atoms with Gasteiger partial charge in [-0.3, -0.25) is 4.79 Å². The van der Waals surface area contributed by atoms with Crippen LogP contribution in [0.3, 0.4) is 0 Å². The molecule has 0 unspecified atom stereocenters. The Morgan fingerprint density at radius 3 is 2.53 bits per heavy atom. The number of ketones is 1. The molecule has 0 radical (unpaired) electrons. The zero-order chi connectivity index (χ0) is 22.8. The fraction of sp³-hybridized carbons (Fsp3) is 0.536. The number of carbonyl (C=O) groups is 1. The Morgan fingerprint density at radius 1 is 1.12 bits per heavy atom. The van der Waals surface area contributed by atoms with Crippen molar-refractivity contribution < 1.29 is 18.7 Å². The molecular formula is C28H30F2O2. The van der Waals surface area contributed by atoms with Crippen LogP contribution in [0.4, 0.5) is 8.78 Å². The van der Waals surface area contributed by atoms with Crippen molar-refractivity contribution in [3.05, 3.63) is 57.7 Å². The number of hydrogen-bond donors (Lipinski definition) is 1. The van der Waals surface area contributed by atoms with Crippen LogP contribution in [0.5, 0.6) is 0 Å². The van der Waals surface area contributed by atoms with Gasteiger partial charge < -0.3 is 5.11 Å². The van der Waals surface area contributed by atoms with Crippen LogP contribution >= 0.6 is 0 Å². The van der Waals surface area contributed by atoms with E-state index in [-0.39, 0.29) is 23.2 Å². The summed E-state index contributed by atoms with van der Waals surface area (Å²) >= 11 is 0. The molecule has 168 valence electrons. The summed E-state index contributed by atoms with van der Waals surface area (Å²) in [6.45, 7) is 5.50. The van der Waals surface area contributed by atoms with E-state index < -0.39 is 28.6 Å². The second-order valence-electron chi connectivity index (χ2n) is 10.4. The van der Waals surface area contributed by atoms with E-state index in [1.165, 1.54) is 12.1 Å². The third kappa shape index (κ3) is 2.97. The molecule has 1 N–H and O–H groups in total. The first-order valence-electron chi connectivity index (χ1n) is 11.8. The summed E-state index contributed by atoms with van der Waals surface area (Å²) in [7, 11) is 0. The first kappa shape index (κ1) is 21.6. The van der Waals surface area contributed by atoms with Gasteiger partial charge in [-0.15, -0.1) is 5.92 Å². The molecule has 2 saturated carbocycles. The smallest absolute Gasteiger partial charge is 0.156 e. The topological polar surface area (TPSA) is 37.3 Å². The molecule has 0 amide bonds. The summed E-state index contributed by atoms with van der Waals surface area (Å²) in [5.74, 6) is 4.98. The molecule has 0 bridgehead atoms. The molecule has 1 aromatic rings. The van der Waals surface area contributed by atoms with Gasteiger partial charge in [-0.2, -0.15) is 0 Å². The predicted molar refractivity (Wildman–Crippen MR) is 120 cm³/mol. The maximum Gasteiger partial charge on any atom is 0.156 e. The number of benzene rings is 1. The van der Waals surface area contributed by atoms with E-state index in [1.54, 1.807) is 19.9 Å². The van der Waals surface area contributed by atoms with Crippen molar-refractivity contribution in [3.63, 3.8) is 0 Å². The number of fused-ring (bicyclic) bond motifs is 4. The summed E-state index contributed by atoms with van der Waals surface area (Å²) in [6.07, 6.45) is 6.40. The maximum absolute atomic E-state index is 15.3. The highest BCUT2D eigenvalue weighted by Gasteiger charge is 2.63. The number of rotatable bonds is 1. The van der Waals surface area contributed by atoms with Gasteiger partial charge >= 0.3 is 0 Å². The van der Waals surface area contributed by atoms with Crippen molar-refractivity contribution >= 4 is 5.78 Å². The molecule has 2 nitrogen and oxygen atoms in total. The van der Waals surface area contributed by atoms with Crippen molar-refractivity contribution in [1.82, 2.24) is 0 Å². The van der Waals surface area contributed by atoms with Crippen LogP contribution in [0.25, 0.3) is 0 Å². The Hall–Kier alpha value is -2.25. The fourth-order valence-corrected chi connectivity index (χ4v) is 7.38. The quantitative estimate of drug-likeness (QED) is 0.554. The molecule has 32 heavy (non-hydrogen) atoms. The number of carbonyl (C=O) groups excluding carboxylic acids is 1. The summed E-state index contributed by atoms with van der Waals surface area (Å²) in [6, 6.07) is 2.81. The van der Waals surface area contributed by atoms with Crippen LogP contribution in [-0.2, 0) is 4.79 Å². The van der Waals surface area contributed by atoms with Gasteiger partial charge in [-0.05, 0) is 99.1 Å². The molecule has 0 aromatic heterocycles. The average Bonchev–Trinajstić information content (AvgIpc) is 2.97. The average molecular weight is 437 g/mol. The molecule has 5 atom stereocenters. The fourth-order valence-electron chi connectivity index (χ4n) is 7.38. The molecule has 2 fully saturated rings. The largest absolute Gasteiger partial charge is 0.377 e. The van der Waals surface area contributed by atoms with Gasteiger partial charge in [0.15, 0.2) is 5.78 Å². The monoisotopic (exact) mass is 436 g/mol. The van der Waals surface area contributed by atoms with Crippen LogP contribution in [0, 0.1) is 47.6 Å². The minimum absolute atomic E-state index is 0.111. The number of allylic oxidation sites excluding steroid dienone is 4. The minimum Gasteiger partial charge on any atom is -0.377 e. The van der Waals surface area contributed by atoms with E-state index in [4.69, 9.17) is 0 Å². The summed E-state index contributed by atoms with van der Waals surface area (Å²) in [5.41, 5.74) is 2.27. The van der Waals surface area contributed by atoms with Gasteiger partial charge in [0, 0.05) is 23.3 Å². The zero-order valence-electron chi connectivity index (χ0n) is 19.0. The maximum atomic E-state index is 15.3. The lowest BCUT2D eigenvalue weighted by Crippen LogP contribution is -2.51. The molecule has 0 spiro atoms. The van der Waals surface area contributed by atoms with E-state index in [1.807, 2.05) is 0 Å². The van der Waals surface area contributed by atoms with Gasteiger partial charge in [0.05, 0.1) is 0 Å². The van der Waals surface area contributed by atoms with Gasteiger partial charge in [-0.1, -0.05) is 18.4 Å². The van der Waals surface area contributed by atoms with Gasteiger partial charge in [0.2, 0.25) is 0 Å². The van der Waals surface area contributed by atoms with Crippen LogP contribution in [0.2, 0.25) is 0 Å². The molecule has 5 rings (SSSR count). The van der Waals surface area contributed by atoms with Gasteiger partial charge in [0.25, 0.3) is 0 Å². The van der Waals surface area contributed by atoms with Crippen molar-refractivity contribution in [2.45, 2.75) is 77.2 Å². The summed E-state index contributed by atoms with van der Waals surface area (Å²) < 4.78 is 30.7. The lowest BCUT2D eigenvalue weighted by Gasteiger charge is -2.53. The van der Waals surface area contributed by atoms with E-state index >= 15 is 8.78 Å². The number of aliphatic hydroxyl groups is 1. The lowest BCUT2D eigenvalue weighted by molar-refractivity contribution is -0.114. The lowest BCUT2D eigenvalue weighted by atomic mass is 9.51. The minimum atomic E-state index is -1.16. The van der Waals surface area contributed by atoms with Gasteiger partial charge in [-0.25, -0.2) is 8.78 Å². The highest BCUT2D eigenvalue weighted by molar-refractivity contribution is 5.93. The Labute approximate surface area is 188 Å². The summed E-state index contributed by atoms with van der Waals surface area (Å²) in [5, 5.41) is 11.6. The molecular weight excluding hydrogens is 406 g/mol. The Kier molecular flexibility index (Phi) is 4.98. The van der Waals surface area contributed by atoms with Crippen molar-refractivity contribution in [1.29, 1.82) is 0 Å². The first-order valence-corrected chi connectivity index (χ1v) is 11.8. The van der Waals surface area contributed by atoms with Crippen molar-refractivity contribution in [2.24, 2.45) is 17.3 Å². The standard InChI is InChI=1S/C28H30F2O2/c1-4-10-28(32)11-9-22-20-7-5-17-14-18(31)6-8-19(17)25(20)21(15-27(22,28)3)26-23(29)12-16(2)13-24(26)30/h12-14,20-22,32H,5-9,11,15H2,1-3H3/t20-,21-,22-,27-,28-/m0/s1. The molecule has 0 saturated heterocycles. The van der Waals surface area contributed by atoms with Crippen LogP contribution in [0.1, 0.15) is 75.8 Å². The Morgan fingerprint density at radius 2 is 1.84 bits per heavy atom. The summed E-state index contributed by atoms with van der Waals surface area (Å²) in [4.78, 5) is 12.1. The van der Waals surface area contributed by atoms with Crippen LogP contribution in [0.15, 0.2) is 34.9 Å². The first-order chi connectivity index (χ1) is 15.2. The number of hydrogen-bond acceptors (Lipinski definition) is 2. The molecule has 0 aliphatic heterocycles. The second kappa shape index (κ2) is 7.39. The third-order valence-corrected chi connectivity index (χ3v) is 8.79. The predicted octanol–water partition coefficient (Wildman–Crippen LogP) is 5.93. The van der Waals surface area contributed by atoms with Crippen molar-refractivity contribution in [3.8, 4) is 11.8 Å². The van der Waals surface area contributed by atoms with Gasteiger partial charge in [0.1, 0.15) is 17.2 Å². The SMILES string of the molecule is CC#C[C@]1(O)CC[C@H]2[C@@H]3CCC4=CC(=O)CCC4=C3[C@@H](c3c(F)cc(C)cc3F)C[C@@]21C. The van der Waals surface area contributed by atoms with Crippen LogP contribution < -0.4 is 0 Å². The highest BCUT2D eigenvalue weighted by atomic mass is 19.1. The van der Waals surface area contributed by atoms with Crippen LogP contribution in [-0.4, -0.2) is 16.5 Å². The van der Waals surface area contributed by atoms with E-state index in [0.29, 0.717) is 31.2 Å². The van der Waals surface area contributed by atoms with Crippen molar-refractivity contribution in [2.75, 3.05) is 0 Å². The molecule has 4 aliphatic carbocycles. The third-order valence-electron chi connectivity index (χ3n) is 8.79. The van der Waals surface area contributed by atoms with E-state index in [9.17, 15) is 9.90 Å². The van der Waals surface area contributed by atoms with E-state index in [0.717, 1.165) is 36.0 Å². The molecule has 0 heterocycles. The highest BCUT2D eigenvalue weighted by Crippen LogP contribution is 2.66. The normalized spacial score (nSPS) is 36.0. The molecule has 4 heteroatoms. The molecule has 4 aliphatic rings. The number of aryl methyl sites for hydroxylation is 1. The number of halogens is 2. The Bertz CT molecular complexity index is 1110. The second-order valence-corrected chi connectivity index (χ2v) is 10.4. The molecule has 1 aromatic carbocycles.